The van der Waals surface area contributed by atoms with E-state index in [4.69, 9.17) is 5.73 Å². The Morgan fingerprint density at radius 2 is 1.84 bits per heavy atom. The minimum Gasteiger partial charge on any atom is -0.325 e. The molecule has 2 N–H and O–H groups in total. The molecule has 3 nitrogen and oxygen atoms in total. The Hall–Kier alpha value is -1.78. The first-order valence-electron chi connectivity index (χ1n) is 6.21. The van der Waals surface area contributed by atoms with Gasteiger partial charge in [0.25, 0.3) is 0 Å². The van der Waals surface area contributed by atoms with Crippen LogP contribution in [0.15, 0.2) is 59.8 Å². The molecule has 0 saturated heterocycles. The summed E-state index contributed by atoms with van der Waals surface area (Å²) in [5.74, 6) is 0.914. The van der Waals surface area contributed by atoms with Gasteiger partial charge >= 0.3 is 0 Å². The van der Waals surface area contributed by atoms with Gasteiger partial charge in [0.2, 0.25) is 0 Å². The molecule has 0 spiro atoms. The third kappa shape index (κ3) is 2.50. The number of thioether (sulfide) groups is 1. The molecule has 0 aliphatic carbocycles. The Kier molecular flexibility index (Phi) is 3.53. The fourth-order valence-corrected chi connectivity index (χ4v) is 3.05. The van der Waals surface area contributed by atoms with Crippen molar-refractivity contribution in [2.45, 2.75) is 17.3 Å². The quantitative estimate of drug-likeness (QED) is 0.740. The topological polar surface area (TPSA) is 43.3 Å². The van der Waals surface area contributed by atoms with Crippen LogP contribution in [0.3, 0.4) is 0 Å². The molecule has 96 valence electrons. The van der Waals surface area contributed by atoms with E-state index in [1.807, 2.05) is 30.5 Å². The Balaban J connectivity index is 1.88. The first kappa shape index (κ1) is 12.3. The minimum absolute atomic E-state index is 0.502. The van der Waals surface area contributed by atoms with E-state index in [1.165, 1.54) is 5.56 Å². The van der Waals surface area contributed by atoms with E-state index in [-0.39, 0.29) is 0 Å². The number of nitrogens with two attached hydrogens (primary N) is 1. The largest absolute Gasteiger partial charge is 0.325 e. The monoisotopic (exact) mass is 269 g/mol. The van der Waals surface area contributed by atoms with Gasteiger partial charge in [0.1, 0.15) is 10.7 Å². The van der Waals surface area contributed by atoms with E-state index in [1.54, 1.807) is 11.8 Å². The lowest BCUT2D eigenvalue weighted by atomic mass is 10.2. The van der Waals surface area contributed by atoms with Gasteiger partial charge in [-0.1, -0.05) is 48.2 Å². The van der Waals surface area contributed by atoms with Gasteiger partial charge in [-0.2, -0.15) is 0 Å². The Bertz CT molecular complexity index is 676. The van der Waals surface area contributed by atoms with Gasteiger partial charge in [-0.25, -0.2) is 4.98 Å². The summed E-state index contributed by atoms with van der Waals surface area (Å²) < 4.78 is 2.06. The maximum Gasteiger partial charge on any atom is 0.138 e. The van der Waals surface area contributed by atoms with Gasteiger partial charge in [0, 0.05) is 18.5 Å². The van der Waals surface area contributed by atoms with E-state index in [9.17, 15) is 0 Å². The van der Waals surface area contributed by atoms with Crippen molar-refractivity contribution in [3.8, 4) is 0 Å². The molecule has 0 fully saturated rings. The van der Waals surface area contributed by atoms with Crippen LogP contribution in [0.4, 0.5) is 0 Å². The lowest BCUT2D eigenvalue weighted by molar-refractivity contribution is 0.921. The molecule has 3 aromatic rings. The number of aromatic nitrogens is 2. The second kappa shape index (κ2) is 5.47. The van der Waals surface area contributed by atoms with Gasteiger partial charge in [-0.15, -0.1) is 0 Å². The predicted molar refractivity (Wildman–Crippen MR) is 79.1 cm³/mol. The number of hydrogen-bond donors (Lipinski definition) is 1. The van der Waals surface area contributed by atoms with E-state index >= 15 is 0 Å². The van der Waals surface area contributed by atoms with Crippen molar-refractivity contribution in [1.82, 2.24) is 9.38 Å². The number of hydrogen-bond acceptors (Lipinski definition) is 3. The summed E-state index contributed by atoms with van der Waals surface area (Å²) in [7, 11) is 0. The van der Waals surface area contributed by atoms with Crippen LogP contribution >= 0.6 is 11.8 Å². The number of rotatable bonds is 4. The summed E-state index contributed by atoms with van der Waals surface area (Å²) in [6.45, 7) is 0.502. The van der Waals surface area contributed by atoms with Crippen molar-refractivity contribution >= 4 is 17.4 Å². The first-order valence-corrected chi connectivity index (χ1v) is 7.20. The van der Waals surface area contributed by atoms with Crippen molar-refractivity contribution in [2.75, 3.05) is 0 Å². The van der Waals surface area contributed by atoms with Gasteiger partial charge in [0.15, 0.2) is 0 Å². The molecule has 2 heterocycles. The molecule has 0 aliphatic rings. The smallest absolute Gasteiger partial charge is 0.138 e. The predicted octanol–water partition coefficient (Wildman–Crippen LogP) is 3.09. The SMILES string of the molecule is NCc1c(SCc2ccccc2)nc2ccccn12. The van der Waals surface area contributed by atoms with Crippen molar-refractivity contribution in [3.05, 3.63) is 66.0 Å². The highest BCUT2D eigenvalue weighted by molar-refractivity contribution is 7.98. The molecule has 1 aromatic carbocycles. The van der Waals surface area contributed by atoms with E-state index in [2.05, 4.69) is 33.7 Å². The summed E-state index contributed by atoms with van der Waals surface area (Å²) in [4.78, 5) is 4.64. The Morgan fingerprint density at radius 3 is 2.63 bits per heavy atom. The molecule has 0 amide bonds. The zero-order valence-electron chi connectivity index (χ0n) is 10.5. The van der Waals surface area contributed by atoms with Crippen LogP contribution in [0.25, 0.3) is 5.65 Å². The molecule has 0 unspecified atom stereocenters. The number of fused-ring (bicyclic) bond motifs is 1. The number of pyridine rings is 1. The van der Waals surface area contributed by atoms with Crippen molar-refractivity contribution in [1.29, 1.82) is 0 Å². The summed E-state index contributed by atoms with van der Waals surface area (Å²) in [6.07, 6.45) is 2.01. The average Bonchev–Trinajstić information content (AvgIpc) is 2.83. The number of imidazole rings is 1. The van der Waals surface area contributed by atoms with Gasteiger partial charge in [-0.05, 0) is 17.7 Å². The lowest BCUT2D eigenvalue weighted by Gasteiger charge is -2.02. The Labute approximate surface area is 116 Å². The summed E-state index contributed by atoms with van der Waals surface area (Å²) in [6, 6.07) is 16.4. The van der Waals surface area contributed by atoms with Crippen molar-refractivity contribution in [2.24, 2.45) is 5.73 Å². The Morgan fingerprint density at radius 1 is 1.05 bits per heavy atom. The molecule has 0 saturated carbocycles. The maximum absolute atomic E-state index is 5.86. The van der Waals surface area contributed by atoms with E-state index in [0.29, 0.717) is 6.54 Å². The fraction of sp³-hybridized carbons (Fsp3) is 0.133. The third-order valence-electron chi connectivity index (χ3n) is 3.00. The highest BCUT2D eigenvalue weighted by atomic mass is 32.2. The van der Waals surface area contributed by atoms with Crippen LogP contribution in [0.2, 0.25) is 0 Å². The van der Waals surface area contributed by atoms with Crippen molar-refractivity contribution < 1.29 is 0 Å². The normalized spacial score (nSPS) is 11.0. The van der Waals surface area contributed by atoms with Crippen LogP contribution in [-0.2, 0) is 12.3 Å². The first-order chi connectivity index (χ1) is 9.38. The zero-order chi connectivity index (χ0) is 13.1. The average molecular weight is 269 g/mol. The molecular formula is C15H15N3S. The molecule has 0 radical (unpaired) electrons. The zero-order valence-corrected chi connectivity index (χ0v) is 11.3. The summed E-state index contributed by atoms with van der Waals surface area (Å²) in [5.41, 5.74) is 9.19. The maximum atomic E-state index is 5.86. The van der Waals surface area contributed by atoms with E-state index < -0.39 is 0 Å². The standard InChI is InChI=1S/C15H15N3S/c16-10-13-15(17-14-8-4-5-9-18(13)14)19-11-12-6-2-1-3-7-12/h1-9H,10-11,16H2. The van der Waals surface area contributed by atoms with Gasteiger partial charge in [-0.3, -0.25) is 0 Å². The fourth-order valence-electron chi connectivity index (χ4n) is 2.05. The van der Waals surface area contributed by atoms with Crippen LogP contribution in [0, 0.1) is 0 Å². The molecule has 4 heteroatoms. The molecule has 0 atom stereocenters. The molecule has 0 aliphatic heterocycles. The van der Waals surface area contributed by atoms with Gasteiger partial charge in [0.05, 0.1) is 5.69 Å². The highest BCUT2D eigenvalue weighted by Crippen LogP contribution is 2.26. The van der Waals surface area contributed by atoms with Gasteiger partial charge < -0.3 is 10.1 Å². The summed E-state index contributed by atoms with van der Waals surface area (Å²) >= 11 is 1.74. The molecule has 19 heavy (non-hydrogen) atoms. The van der Waals surface area contributed by atoms with Crippen LogP contribution < -0.4 is 5.73 Å². The van der Waals surface area contributed by atoms with Crippen molar-refractivity contribution in [3.63, 3.8) is 0 Å². The second-order valence-electron chi connectivity index (χ2n) is 4.27. The lowest BCUT2D eigenvalue weighted by Crippen LogP contribution is -2.01. The minimum atomic E-state index is 0.502. The molecule has 3 rings (SSSR count). The van der Waals surface area contributed by atoms with E-state index in [0.717, 1.165) is 22.1 Å². The molecular weight excluding hydrogens is 254 g/mol. The highest BCUT2D eigenvalue weighted by Gasteiger charge is 2.10. The van der Waals surface area contributed by atoms with Crippen LogP contribution in [-0.4, -0.2) is 9.38 Å². The molecule has 0 bridgehead atoms. The van der Waals surface area contributed by atoms with Crippen LogP contribution in [0.5, 0.6) is 0 Å². The number of benzene rings is 1. The summed E-state index contributed by atoms with van der Waals surface area (Å²) in [5, 5.41) is 1.03. The third-order valence-corrected chi connectivity index (χ3v) is 4.08. The number of nitrogens with zero attached hydrogens (tertiary/aromatic N) is 2. The second-order valence-corrected chi connectivity index (χ2v) is 5.23. The molecule has 2 aromatic heterocycles. The van der Waals surface area contributed by atoms with Crippen LogP contribution in [0.1, 0.15) is 11.3 Å².